The molecule has 0 radical (unpaired) electrons. The van der Waals surface area contributed by atoms with Crippen molar-refractivity contribution >= 4 is 5.97 Å². The Balaban J connectivity index is 0. The third-order valence-corrected chi connectivity index (χ3v) is 3.36. The van der Waals surface area contributed by atoms with Crippen molar-refractivity contribution in [3.05, 3.63) is 24.3 Å². The summed E-state index contributed by atoms with van der Waals surface area (Å²) in [7, 11) is 0. The smallest absolute Gasteiger partial charge is 0.550 e. The van der Waals surface area contributed by atoms with Crippen LogP contribution in [-0.2, 0) is 4.79 Å². The van der Waals surface area contributed by atoms with Crippen molar-refractivity contribution < 1.29 is 39.5 Å². The molecule has 0 aliphatic heterocycles. The largest absolute Gasteiger partial charge is 1.00 e. The molecule has 3 heteroatoms. The van der Waals surface area contributed by atoms with Crippen molar-refractivity contribution in [1.29, 1.82) is 0 Å². The van der Waals surface area contributed by atoms with Crippen LogP contribution >= 0.6 is 0 Å². The van der Waals surface area contributed by atoms with E-state index < -0.39 is 5.97 Å². The van der Waals surface area contributed by atoms with Gasteiger partial charge in [-0.15, -0.1) is 0 Å². The van der Waals surface area contributed by atoms with Crippen LogP contribution in [0.1, 0.15) is 84.0 Å². The van der Waals surface area contributed by atoms with Crippen LogP contribution in [-0.4, -0.2) is 5.97 Å². The van der Waals surface area contributed by atoms with Crippen molar-refractivity contribution in [2.75, 3.05) is 0 Å². The van der Waals surface area contributed by atoms with E-state index in [1.807, 2.05) is 0 Å². The molecule has 0 aliphatic rings. The van der Waals surface area contributed by atoms with Crippen LogP contribution in [0.2, 0.25) is 0 Å². The fourth-order valence-electron chi connectivity index (χ4n) is 2.10. The van der Waals surface area contributed by atoms with Crippen LogP contribution < -0.4 is 34.7 Å². The molecule has 0 amide bonds. The van der Waals surface area contributed by atoms with Crippen molar-refractivity contribution in [3.8, 4) is 0 Å². The molecule has 0 spiro atoms. The Morgan fingerprint density at radius 1 is 0.810 bits per heavy atom. The van der Waals surface area contributed by atoms with Crippen molar-refractivity contribution in [2.45, 2.75) is 84.0 Å². The summed E-state index contributed by atoms with van der Waals surface area (Å²) in [5, 5.41) is 10.2. The van der Waals surface area contributed by atoms with Gasteiger partial charge in [-0.25, -0.2) is 0 Å². The van der Waals surface area contributed by atoms with E-state index in [1.165, 1.54) is 44.9 Å². The summed E-state index contributed by atoms with van der Waals surface area (Å²) >= 11 is 0. The maximum Gasteiger partial charge on any atom is 1.00 e. The molecule has 0 aromatic carbocycles. The summed E-state index contributed by atoms with van der Waals surface area (Å²) in [4.78, 5) is 10.2. The summed E-state index contributed by atoms with van der Waals surface area (Å²) in [6.07, 6.45) is 21.9. The molecule has 0 heterocycles. The van der Waals surface area contributed by atoms with Crippen molar-refractivity contribution in [3.63, 3.8) is 0 Å². The van der Waals surface area contributed by atoms with Crippen LogP contribution in [0.3, 0.4) is 0 Å². The Labute approximate surface area is 153 Å². The Morgan fingerprint density at radius 2 is 1.29 bits per heavy atom. The van der Waals surface area contributed by atoms with Gasteiger partial charge in [0.05, 0.1) is 0 Å². The molecule has 2 nitrogen and oxygen atoms in total. The van der Waals surface area contributed by atoms with Crippen LogP contribution in [0.5, 0.6) is 0 Å². The third-order valence-electron chi connectivity index (χ3n) is 3.36. The molecule has 116 valence electrons. The predicted molar refractivity (Wildman–Crippen MR) is 84.4 cm³/mol. The van der Waals surface area contributed by atoms with Crippen LogP contribution in [0.15, 0.2) is 24.3 Å². The SMILES string of the molecule is CCCCCC/C=C/C=C\CCCCCCCC(=O)[O-].[Na+]. The van der Waals surface area contributed by atoms with Gasteiger partial charge in [-0.3, -0.25) is 0 Å². The maximum absolute atomic E-state index is 10.2. The fourth-order valence-corrected chi connectivity index (χ4v) is 2.10. The van der Waals surface area contributed by atoms with Crippen molar-refractivity contribution in [2.24, 2.45) is 0 Å². The first kappa shape index (κ1) is 23.2. The molecular formula is C18H31NaO2. The second kappa shape index (κ2) is 19.9. The zero-order chi connectivity index (χ0) is 14.9. The van der Waals surface area contributed by atoms with Gasteiger partial charge in [-0.05, 0) is 38.5 Å². The van der Waals surface area contributed by atoms with E-state index in [-0.39, 0.29) is 36.0 Å². The summed E-state index contributed by atoms with van der Waals surface area (Å²) < 4.78 is 0. The molecule has 0 saturated carbocycles. The monoisotopic (exact) mass is 302 g/mol. The number of allylic oxidation sites excluding steroid dienone is 4. The van der Waals surface area contributed by atoms with Crippen molar-refractivity contribution in [1.82, 2.24) is 0 Å². The molecule has 0 rings (SSSR count). The number of aliphatic carboxylic acids is 1. The van der Waals surface area contributed by atoms with E-state index in [0.29, 0.717) is 0 Å². The quantitative estimate of drug-likeness (QED) is 0.277. The molecule has 0 bridgehead atoms. The van der Waals surface area contributed by atoms with Crippen LogP contribution in [0.4, 0.5) is 0 Å². The van der Waals surface area contributed by atoms with Crippen LogP contribution in [0, 0.1) is 0 Å². The molecule has 0 saturated heterocycles. The maximum atomic E-state index is 10.2. The van der Waals surface area contributed by atoms with E-state index in [1.54, 1.807) is 0 Å². The first-order chi connectivity index (χ1) is 9.77. The minimum atomic E-state index is -0.922. The topological polar surface area (TPSA) is 40.1 Å². The second-order valence-electron chi connectivity index (χ2n) is 5.38. The van der Waals surface area contributed by atoms with Gasteiger partial charge < -0.3 is 9.90 Å². The molecular weight excluding hydrogens is 271 g/mol. The molecule has 21 heavy (non-hydrogen) atoms. The Hall–Kier alpha value is -0.0500. The molecule has 0 atom stereocenters. The number of hydrogen-bond acceptors (Lipinski definition) is 2. The molecule has 0 aliphatic carbocycles. The average Bonchev–Trinajstić information content (AvgIpc) is 2.43. The molecule has 0 fully saturated rings. The number of unbranched alkanes of at least 4 members (excludes halogenated alkanes) is 9. The first-order valence-corrected chi connectivity index (χ1v) is 8.29. The van der Waals surface area contributed by atoms with Gasteiger partial charge >= 0.3 is 29.6 Å². The number of rotatable bonds is 14. The number of carboxylic acids is 1. The predicted octanol–water partition coefficient (Wildman–Crippen LogP) is 1.55. The van der Waals surface area contributed by atoms with E-state index >= 15 is 0 Å². The van der Waals surface area contributed by atoms with Crippen LogP contribution in [0.25, 0.3) is 0 Å². The zero-order valence-electron chi connectivity index (χ0n) is 14.1. The second-order valence-corrected chi connectivity index (χ2v) is 5.38. The first-order valence-electron chi connectivity index (χ1n) is 8.29. The van der Waals surface area contributed by atoms with Gasteiger partial charge in [0.1, 0.15) is 0 Å². The summed E-state index contributed by atoms with van der Waals surface area (Å²) in [5.74, 6) is -0.922. The van der Waals surface area contributed by atoms with Gasteiger partial charge in [0.2, 0.25) is 0 Å². The van der Waals surface area contributed by atoms with E-state index in [0.717, 1.165) is 25.7 Å². The van der Waals surface area contributed by atoms with Gasteiger partial charge in [0.25, 0.3) is 0 Å². The van der Waals surface area contributed by atoms with Gasteiger partial charge in [0, 0.05) is 5.97 Å². The Morgan fingerprint density at radius 3 is 1.81 bits per heavy atom. The molecule has 0 unspecified atom stereocenters. The number of carbonyl (C=O) groups excluding carboxylic acids is 1. The fraction of sp³-hybridized carbons (Fsp3) is 0.722. The summed E-state index contributed by atoms with van der Waals surface area (Å²) in [6, 6.07) is 0. The molecule has 0 aromatic heterocycles. The number of carbonyl (C=O) groups is 1. The minimum Gasteiger partial charge on any atom is -0.550 e. The minimum absolute atomic E-state index is 0. The summed E-state index contributed by atoms with van der Waals surface area (Å²) in [5.41, 5.74) is 0. The normalized spacial score (nSPS) is 11.1. The van der Waals surface area contributed by atoms with Gasteiger partial charge in [-0.1, -0.05) is 69.8 Å². The number of hydrogen-bond donors (Lipinski definition) is 0. The standard InChI is InChI=1S/C18H32O2.Na/c1-2-3-4-5-6-7-8-9-10-11-12-13-14-15-16-17-18(19)20;/h7-10H,2-6,11-17H2,1H3,(H,19,20);/q;+1/p-1/b8-7+,10-9-;. The third kappa shape index (κ3) is 22.4. The van der Waals surface area contributed by atoms with E-state index in [9.17, 15) is 9.90 Å². The van der Waals surface area contributed by atoms with Gasteiger partial charge in [-0.2, -0.15) is 0 Å². The Bertz CT molecular complexity index is 272. The zero-order valence-corrected chi connectivity index (χ0v) is 16.1. The molecule has 0 N–H and O–H groups in total. The average molecular weight is 302 g/mol. The Kier molecular flexibility index (Phi) is 22.1. The summed E-state index contributed by atoms with van der Waals surface area (Å²) in [6.45, 7) is 2.24. The molecule has 0 aromatic rings. The van der Waals surface area contributed by atoms with E-state index in [4.69, 9.17) is 0 Å². The number of carboxylic acid groups (broad SMARTS) is 1. The van der Waals surface area contributed by atoms with E-state index in [2.05, 4.69) is 31.2 Å². The van der Waals surface area contributed by atoms with Gasteiger partial charge in [0.15, 0.2) is 0 Å².